The lowest BCUT2D eigenvalue weighted by molar-refractivity contribution is 0.240. The molecule has 0 unspecified atom stereocenters. The van der Waals surface area contributed by atoms with Crippen molar-refractivity contribution in [2.45, 2.75) is 25.4 Å². The average Bonchev–Trinajstić information content (AvgIpc) is 3.07. The van der Waals surface area contributed by atoms with Gasteiger partial charge in [-0.3, -0.25) is 4.98 Å². The SMILES string of the molecule is O=C(NCc1nccnc1-c1ccco1)NC1CC1. The van der Waals surface area contributed by atoms with Crippen molar-refractivity contribution >= 4 is 6.03 Å². The standard InChI is InChI=1S/C13H14N4O2/c18-13(17-9-3-4-9)16-8-10-12(15-6-5-14-10)11-2-1-7-19-11/h1-2,5-7,9H,3-4,8H2,(H2,16,17,18). The predicted octanol–water partition coefficient (Wildman–Crippen LogP) is 1.70. The Hall–Kier alpha value is -2.37. The molecule has 0 bridgehead atoms. The van der Waals surface area contributed by atoms with Crippen molar-refractivity contribution in [2.24, 2.45) is 0 Å². The Kier molecular flexibility index (Phi) is 3.14. The molecular weight excluding hydrogens is 244 g/mol. The molecule has 0 aromatic carbocycles. The summed E-state index contributed by atoms with van der Waals surface area (Å²) in [6, 6.07) is 3.78. The van der Waals surface area contributed by atoms with E-state index in [-0.39, 0.29) is 6.03 Å². The molecule has 1 aliphatic rings. The third kappa shape index (κ3) is 2.90. The molecule has 2 aromatic heterocycles. The molecule has 2 heterocycles. The zero-order valence-electron chi connectivity index (χ0n) is 10.3. The van der Waals surface area contributed by atoms with Crippen molar-refractivity contribution in [2.75, 3.05) is 0 Å². The van der Waals surface area contributed by atoms with Crippen molar-refractivity contribution in [1.29, 1.82) is 0 Å². The molecule has 19 heavy (non-hydrogen) atoms. The van der Waals surface area contributed by atoms with Crippen molar-refractivity contribution < 1.29 is 9.21 Å². The van der Waals surface area contributed by atoms with E-state index in [4.69, 9.17) is 4.42 Å². The first-order valence-corrected chi connectivity index (χ1v) is 6.21. The maximum Gasteiger partial charge on any atom is 0.315 e. The Morgan fingerprint density at radius 2 is 2.21 bits per heavy atom. The lowest BCUT2D eigenvalue weighted by Gasteiger charge is -2.08. The molecular formula is C13H14N4O2. The number of hydrogen-bond donors (Lipinski definition) is 2. The lowest BCUT2D eigenvalue weighted by Crippen LogP contribution is -2.36. The van der Waals surface area contributed by atoms with E-state index in [9.17, 15) is 4.79 Å². The summed E-state index contributed by atoms with van der Waals surface area (Å²) in [6.07, 6.45) is 6.92. The van der Waals surface area contributed by atoms with Crippen LogP contribution in [0.2, 0.25) is 0 Å². The molecule has 6 nitrogen and oxygen atoms in total. The zero-order valence-corrected chi connectivity index (χ0v) is 10.3. The highest BCUT2D eigenvalue weighted by atomic mass is 16.3. The fourth-order valence-electron chi connectivity index (χ4n) is 1.74. The van der Waals surface area contributed by atoms with Gasteiger partial charge in [-0.15, -0.1) is 0 Å². The van der Waals surface area contributed by atoms with E-state index in [0.717, 1.165) is 12.8 Å². The summed E-state index contributed by atoms with van der Waals surface area (Å²) in [5.74, 6) is 0.646. The Morgan fingerprint density at radius 1 is 1.37 bits per heavy atom. The van der Waals surface area contributed by atoms with E-state index in [1.165, 1.54) is 0 Å². The summed E-state index contributed by atoms with van der Waals surface area (Å²) >= 11 is 0. The van der Waals surface area contributed by atoms with Gasteiger partial charge in [-0.25, -0.2) is 9.78 Å². The van der Waals surface area contributed by atoms with E-state index in [2.05, 4.69) is 20.6 Å². The van der Waals surface area contributed by atoms with Crippen LogP contribution < -0.4 is 10.6 Å². The van der Waals surface area contributed by atoms with Gasteiger partial charge in [-0.2, -0.15) is 0 Å². The van der Waals surface area contributed by atoms with Gasteiger partial charge < -0.3 is 15.1 Å². The van der Waals surface area contributed by atoms with Crippen LogP contribution in [-0.4, -0.2) is 22.0 Å². The van der Waals surface area contributed by atoms with Crippen LogP contribution in [-0.2, 0) is 6.54 Å². The van der Waals surface area contributed by atoms with Crippen LogP contribution >= 0.6 is 0 Å². The molecule has 0 atom stereocenters. The van der Waals surface area contributed by atoms with Gasteiger partial charge in [0.15, 0.2) is 5.76 Å². The van der Waals surface area contributed by atoms with E-state index in [1.807, 2.05) is 6.07 Å². The highest BCUT2D eigenvalue weighted by molar-refractivity contribution is 5.74. The number of furan rings is 1. The topological polar surface area (TPSA) is 80.1 Å². The maximum absolute atomic E-state index is 11.6. The van der Waals surface area contributed by atoms with Crippen LogP contribution in [0.25, 0.3) is 11.5 Å². The molecule has 2 amide bonds. The molecule has 0 saturated heterocycles. The summed E-state index contributed by atoms with van der Waals surface area (Å²) in [7, 11) is 0. The van der Waals surface area contributed by atoms with Gasteiger partial charge in [-0.1, -0.05) is 0 Å². The smallest absolute Gasteiger partial charge is 0.315 e. The average molecular weight is 258 g/mol. The summed E-state index contributed by atoms with van der Waals surface area (Å²) in [5.41, 5.74) is 1.34. The fraction of sp³-hybridized carbons (Fsp3) is 0.308. The van der Waals surface area contributed by atoms with Gasteiger partial charge in [-0.05, 0) is 25.0 Å². The Bertz CT molecular complexity index is 564. The van der Waals surface area contributed by atoms with E-state index in [0.29, 0.717) is 29.7 Å². The van der Waals surface area contributed by atoms with Crippen LogP contribution in [0, 0.1) is 0 Å². The molecule has 1 saturated carbocycles. The van der Waals surface area contributed by atoms with Gasteiger partial charge in [0.05, 0.1) is 18.5 Å². The van der Waals surface area contributed by atoms with Crippen LogP contribution in [0.3, 0.4) is 0 Å². The molecule has 0 radical (unpaired) electrons. The first-order valence-electron chi connectivity index (χ1n) is 6.21. The quantitative estimate of drug-likeness (QED) is 0.874. The maximum atomic E-state index is 11.6. The highest BCUT2D eigenvalue weighted by Crippen LogP contribution is 2.20. The van der Waals surface area contributed by atoms with Crippen LogP contribution in [0.4, 0.5) is 4.79 Å². The summed E-state index contributed by atoms with van der Waals surface area (Å²) in [4.78, 5) is 20.1. The minimum absolute atomic E-state index is 0.168. The number of rotatable bonds is 4. The molecule has 0 aliphatic heterocycles. The number of amides is 2. The van der Waals surface area contributed by atoms with E-state index < -0.39 is 0 Å². The third-order valence-electron chi connectivity index (χ3n) is 2.86. The molecule has 1 fully saturated rings. The number of nitrogens with one attached hydrogen (secondary N) is 2. The first kappa shape index (κ1) is 11.7. The summed E-state index contributed by atoms with van der Waals surface area (Å²) in [5, 5.41) is 5.64. The molecule has 1 aliphatic carbocycles. The normalized spacial score (nSPS) is 14.1. The number of hydrogen-bond acceptors (Lipinski definition) is 4. The third-order valence-corrected chi connectivity index (χ3v) is 2.86. The molecule has 6 heteroatoms. The molecule has 98 valence electrons. The Balaban J connectivity index is 1.68. The van der Waals surface area contributed by atoms with Crippen molar-refractivity contribution in [3.63, 3.8) is 0 Å². The van der Waals surface area contributed by atoms with Crippen LogP contribution in [0.1, 0.15) is 18.5 Å². The predicted molar refractivity (Wildman–Crippen MR) is 68.1 cm³/mol. The van der Waals surface area contributed by atoms with Crippen LogP contribution in [0.15, 0.2) is 35.2 Å². The number of aromatic nitrogens is 2. The van der Waals surface area contributed by atoms with Crippen molar-refractivity contribution in [1.82, 2.24) is 20.6 Å². The molecule has 2 aromatic rings. The van der Waals surface area contributed by atoms with Crippen molar-refractivity contribution in [3.8, 4) is 11.5 Å². The summed E-state index contributed by atoms with van der Waals surface area (Å²) < 4.78 is 5.31. The largest absolute Gasteiger partial charge is 0.463 e. The number of nitrogens with zero attached hydrogens (tertiary/aromatic N) is 2. The first-order chi connectivity index (χ1) is 9.33. The van der Waals surface area contributed by atoms with Crippen molar-refractivity contribution in [3.05, 3.63) is 36.5 Å². The van der Waals surface area contributed by atoms with Gasteiger partial charge >= 0.3 is 6.03 Å². The van der Waals surface area contributed by atoms with Gasteiger partial charge in [0.2, 0.25) is 0 Å². The minimum Gasteiger partial charge on any atom is -0.463 e. The number of carbonyl (C=O) groups is 1. The molecule has 0 spiro atoms. The van der Waals surface area contributed by atoms with Gasteiger partial charge in [0.1, 0.15) is 5.69 Å². The van der Waals surface area contributed by atoms with E-state index >= 15 is 0 Å². The fourth-order valence-corrected chi connectivity index (χ4v) is 1.74. The minimum atomic E-state index is -0.168. The monoisotopic (exact) mass is 258 g/mol. The number of urea groups is 1. The van der Waals surface area contributed by atoms with Gasteiger partial charge in [0.25, 0.3) is 0 Å². The summed E-state index contributed by atoms with van der Waals surface area (Å²) in [6.45, 7) is 0.322. The highest BCUT2D eigenvalue weighted by Gasteiger charge is 2.23. The van der Waals surface area contributed by atoms with E-state index in [1.54, 1.807) is 24.7 Å². The molecule has 3 rings (SSSR count). The Morgan fingerprint density at radius 3 is 2.95 bits per heavy atom. The van der Waals surface area contributed by atoms with Gasteiger partial charge in [0, 0.05) is 18.4 Å². The second-order valence-corrected chi connectivity index (χ2v) is 4.43. The Labute approximate surface area is 110 Å². The molecule has 2 N–H and O–H groups in total. The van der Waals surface area contributed by atoms with Crippen LogP contribution in [0.5, 0.6) is 0 Å². The zero-order chi connectivity index (χ0) is 13.1. The number of carbonyl (C=O) groups excluding carboxylic acids is 1. The second-order valence-electron chi connectivity index (χ2n) is 4.43. The second kappa shape index (κ2) is 5.09. The lowest BCUT2D eigenvalue weighted by atomic mass is 10.2.